The van der Waals surface area contributed by atoms with Crippen LogP contribution in [0.2, 0.25) is 0 Å². The number of Topliss-reactive ketones (excluding diaryl/α,β-unsaturated/α-hetero) is 1. The predicted molar refractivity (Wildman–Crippen MR) is 136 cm³/mol. The van der Waals surface area contributed by atoms with Gasteiger partial charge in [0.15, 0.2) is 5.78 Å². The molecule has 10 atom stereocenters. The number of fused-ring (bicyclic) bond motifs is 1. The molecule has 10 nitrogen and oxygen atoms in total. The Hall–Kier alpha value is -2.72. The molecular weight excluding hydrogens is 508 g/mol. The van der Waals surface area contributed by atoms with Crippen LogP contribution in [-0.4, -0.2) is 66.9 Å². The van der Waals surface area contributed by atoms with Gasteiger partial charge in [0.2, 0.25) is 0 Å². The number of aliphatic hydroxyl groups excluding tert-OH is 1. The van der Waals surface area contributed by atoms with Crippen molar-refractivity contribution in [2.45, 2.75) is 84.7 Å². The number of ether oxygens (including phenoxy) is 4. The molecule has 0 amide bonds. The number of esters is 3. The van der Waals surface area contributed by atoms with E-state index in [0.29, 0.717) is 31.4 Å². The van der Waals surface area contributed by atoms with E-state index in [9.17, 15) is 24.3 Å². The molecule has 0 radical (unpaired) electrons. The van der Waals surface area contributed by atoms with Crippen molar-refractivity contribution in [3.63, 3.8) is 0 Å². The maximum atomic E-state index is 14.0. The molecule has 0 bridgehead atoms. The quantitative estimate of drug-likeness (QED) is 0.292. The molecule has 1 saturated carbocycles. The molecule has 1 N–H and O–H groups in total. The fraction of sp³-hybridized carbons (Fsp3) is 0.724. The molecule has 216 valence electrons. The number of carbonyl (C=O) groups is 4. The number of aliphatic hydroxyl groups is 1. The molecule has 10 heteroatoms. The SMILES string of the molecule is CC[C@H](C(=O)OC)[C@@]1(C)[C@H](C(=O)c2ccoc2)CCC2CO[C@H](C(OC(C)=O)C3C(O)CC(=O)O[C@H]3C)[C@]21C. The van der Waals surface area contributed by atoms with Crippen LogP contribution in [0.3, 0.4) is 0 Å². The zero-order chi connectivity index (χ0) is 28.7. The van der Waals surface area contributed by atoms with Gasteiger partial charge in [-0.3, -0.25) is 19.2 Å². The number of furan rings is 1. The molecule has 2 saturated heterocycles. The molecule has 39 heavy (non-hydrogen) atoms. The van der Waals surface area contributed by atoms with Crippen molar-refractivity contribution in [3.05, 3.63) is 24.2 Å². The zero-order valence-corrected chi connectivity index (χ0v) is 23.5. The number of ketones is 1. The molecule has 3 heterocycles. The third-order valence-electron chi connectivity index (χ3n) is 10.0. The lowest BCUT2D eigenvalue weighted by Gasteiger charge is -2.60. The first kappa shape index (κ1) is 29.3. The highest BCUT2D eigenvalue weighted by Crippen LogP contribution is 2.66. The largest absolute Gasteiger partial charge is 0.472 e. The highest BCUT2D eigenvalue weighted by Gasteiger charge is 2.70. The van der Waals surface area contributed by atoms with Crippen LogP contribution in [0, 0.1) is 34.5 Å². The molecule has 1 aromatic rings. The number of cyclic esters (lactones) is 1. The number of methoxy groups -OCH3 is 1. The van der Waals surface area contributed by atoms with Gasteiger partial charge in [0, 0.05) is 18.3 Å². The maximum Gasteiger partial charge on any atom is 0.309 e. The highest BCUT2D eigenvalue weighted by molar-refractivity contribution is 5.98. The predicted octanol–water partition coefficient (Wildman–Crippen LogP) is 3.34. The van der Waals surface area contributed by atoms with Crippen molar-refractivity contribution in [2.24, 2.45) is 34.5 Å². The molecule has 0 spiro atoms. The number of hydrogen-bond acceptors (Lipinski definition) is 10. The van der Waals surface area contributed by atoms with E-state index < -0.39 is 70.9 Å². The second-order valence-electron chi connectivity index (χ2n) is 11.6. The lowest BCUT2D eigenvalue weighted by atomic mass is 9.42. The minimum absolute atomic E-state index is 0.0729. The fourth-order valence-corrected chi connectivity index (χ4v) is 7.99. The first-order chi connectivity index (χ1) is 18.4. The van der Waals surface area contributed by atoms with E-state index in [1.165, 1.54) is 26.6 Å². The van der Waals surface area contributed by atoms with E-state index in [0.717, 1.165) is 0 Å². The van der Waals surface area contributed by atoms with Gasteiger partial charge in [0.05, 0.1) is 49.9 Å². The Morgan fingerprint density at radius 3 is 2.51 bits per heavy atom. The summed E-state index contributed by atoms with van der Waals surface area (Å²) in [5.41, 5.74) is -1.45. The zero-order valence-electron chi connectivity index (χ0n) is 23.5. The Kier molecular flexibility index (Phi) is 8.28. The molecular formula is C29H40O10. The van der Waals surface area contributed by atoms with Crippen LogP contribution in [0.15, 0.2) is 23.0 Å². The summed E-state index contributed by atoms with van der Waals surface area (Å²) in [4.78, 5) is 51.8. The van der Waals surface area contributed by atoms with Crippen LogP contribution in [0.25, 0.3) is 0 Å². The third kappa shape index (κ3) is 4.69. The molecule has 3 fully saturated rings. The summed E-state index contributed by atoms with van der Waals surface area (Å²) in [6.07, 6.45) is 0.540. The van der Waals surface area contributed by atoms with Gasteiger partial charge in [-0.2, -0.15) is 0 Å². The Bertz CT molecular complexity index is 1070. The van der Waals surface area contributed by atoms with Crippen molar-refractivity contribution in [3.8, 4) is 0 Å². The van der Waals surface area contributed by atoms with Gasteiger partial charge in [-0.1, -0.05) is 20.8 Å². The lowest BCUT2D eigenvalue weighted by molar-refractivity contribution is -0.213. The van der Waals surface area contributed by atoms with Crippen LogP contribution in [0.4, 0.5) is 0 Å². The second-order valence-corrected chi connectivity index (χ2v) is 11.6. The van der Waals surface area contributed by atoms with Crippen LogP contribution in [-0.2, 0) is 33.3 Å². The normalized spacial score (nSPS) is 37.8. The maximum absolute atomic E-state index is 14.0. The summed E-state index contributed by atoms with van der Waals surface area (Å²) in [6, 6.07) is 1.62. The van der Waals surface area contributed by atoms with Crippen LogP contribution < -0.4 is 0 Å². The van der Waals surface area contributed by atoms with E-state index in [2.05, 4.69) is 0 Å². The molecule has 3 aliphatic rings. The lowest BCUT2D eigenvalue weighted by Crippen LogP contribution is -2.65. The van der Waals surface area contributed by atoms with Crippen LogP contribution in [0.1, 0.15) is 70.7 Å². The van der Waals surface area contributed by atoms with E-state index in [-0.39, 0.29) is 18.1 Å². The van der Waals surface area contributed by atoms with Crippen LogP contribution >= 0.6 is 0 Å². The summed E-state index contributed by atoms with van der Waals surface area (Å²) in [5.74, 6) is -3.77. The Labute approximate surface area is 228 Å². The number of carbonyl (C=O) groups excluding carboxylic acids is 4. The van der Waals surface area contributed by atoms with Crippen molar-refractivity contribution in [1.82, 2.24) is 0 Å². The summed E-state index contributed by atoms with van der Waals surface area (Å²) in [7, 11) is 1.34. The van der Waals surface area contributed by atoms with E-state index in [1.807, 2.05) is 20.8 Å². The van der Waals surface area contributed by atoms with Gasteiger partial charge in [0.25, 0.3) is 0 Å². The summed E-state index contributed by atoms with van der Waals surface area (Å²) in [5, 5.41) is 11.0. The monoisotopic (exact) mass is 548 g/mol. The van der Waals surface area contributed by atoms with Crippen LogP contribution in [0.5, 0.6) is 0 Å². The van der Waals surface area contributed by atoms with Crippen molar-refractivity contribution >= 4 is 23.7 Å². The fourth-order valence-electron chi connectivity index (χ4n) is 7.99. The van der Waals surface area contributed by atoms with Gasteiger partial charge in [0.1, 0.15) is 24.6 Å². The summed E-state index contributed by atoms with van der Waals surface area (Å²) < 4.78 is 28.3. The topological polar surface area (TPSA) is 139 Å². The van der Waals surface area contributed by atoms with E-state index in [4.69, 9.17) is 23.4 Å². The minimum atomic E-state index is -1.13. The average Bonchev–Trinajstić information content (AvgIpc) is 3.52. The van der Waals surface area contributed by atoms with Gasteiger partial charge < -0.3 is 28.5 Å². The molecule has 1 aliphatic carbocycles. The van der Waals surface area contributed by atoms with Gasteiger partial charge in [-0.05, 0) is 43.6 Å². The van der Waals surface area contributed by atoms with Crippen molar-refractivity contribution in [1.29, 1.82) is 0 Å². The molecule has 4 rings (SSSR count). The van der Waals surface area contributed by atoms with Gasteiger partial charge in [-0.25, -0.2) is 0 Å². The highest BCUT2D eigenvalue weighted by atomic mass is 16.6. The van der Waals surface area contributed by atoms with E-state index >= 15 is 0 Å². The molecule has 1 aromatic heterocycles. The summed E-state index contributed by atoms with van der Waals surface area (Å²) in [6.45, 7) is 9.10. The molecule has 2 aliphatic heterocycles. The number of rotatable bonds is 8. The first-order valence-corrected chi connectivity index (χ1v) is 13.7. The Balaban J connectivity index is 1.88. The average molecular weight is 549 g/mol. The van der Waals surface area contributed by atoms with E-state index in [1.54, 1.807) is 13.0 Å². The van der Waals surface area contributed by atoms with Gasteiger partial charge >= 0.3 is 17.9 Å². The minimum Gasteiger partial charge on any atom is -0.472 e. The van der Waals surface area contributed by atoms with Gasteiger partial charge in [-0.15, -0.1) is 0 Å². The Morgan fingerprint density at radius 1 is 1.23 bits per heavy atom. The smallest absolute Gasteiger partial charge is 0.309 e. The van der Waals surface area contributed by atoms with Crippen molar-refractivity contribution < 1.29 is 47.6 Å². The molecule has 4 unspecified atom stereocenters. The van der Waals surface area contributed by atoms with Crippen molar-refractivity contribution in [2.75, 3.05) is 13.7 Å². The number of hydrogen-bond donors (Lipinski definition) is 1. The second kappa shape index (κ2) is 11.0. The Morgan fingerprint density at radius 2 is 1.95 bits per heavy atom. The molecule has 0 aromatic carbocycles. The summed E-state index contributed by atoms with van der Waals surface area (Å²) >= 11 is 0. The first-order valence-electron chi connectivity index (χ1n) is 13.7. The third-order valence-corrected chi connectivity index (χ3v) is 10.0. The standard InChI is InChI=1S/C29H40O10/c1-7-19(27(34)35-6)29(5)20(24(33)17-10-11-36-13-17)9-8-18-14-37-26(28(18,29)4)25(39-16(3)30)23-15(2)38-22(32)12-21(23)31/h10-11,13,15,18-21,23,25-26,31H,7-9,12,14H2,1-6H3/t15-,18?,19+,20-,21?,23?,25?,26+,28-,29-/m0/s1.